The quantitative estimate of drug-likeness (QED) is 0.838. The van der Waals surface area contributed by atoms with E-state index in [-0.39, 0.29) is 12.0 Å². The van der Waals surface area contributed by atoms with Gasteiger partial charge in [0.05, 0.1) is 0 Å². The third kappa shape index (κ3) is 5.34. The van der Waals surface area contributed by atoms with Gasteiger partial charge in [0.2, 0.25) is 0 Å². The molecule has 25 heavy (non-hydrogen) atoms. The fourth-order valence-corrected chi connectivity index (χ4v) is 2.45. The first-order valence-electron chi connectivity index (χ1n) is 8.12. The Labute approximate surface area is 146 Å². The van der Waals surface area contributed by atoms with Gasteiger partial charge in [-0.15, -0.1) is 0 Å². The number of carbonyl (C=O) groups is 1. The van der Waals surface area contributed by atoms with Crippen LogP contribution in [-0.2, 0) is 16.6 Å². The van der Waals surface area contributed by atoms with Crippen LogP contribution in [0.15, 0.2) is 48.5 Å². The third-order valence-corrected chi connectivity index (χ3v) is 3.99. The molecular formula is C20H22F3NO. The van der Waals surface area contributed by atoms with Crippen LogP contribution in [0.1, 0.15) is 31.9 Å². The van der Waals surface area contributed by atoms with Gasteiger partial charge in [-0.2, -0.15) is 13.2 Å². The molecule has 0 atom stereocenters. The van der Waals surface area contributed by atoms with E-state index in [1.165, 1.54) is 5.56 Å². The molecule has 1 N–H and O–H groups in total. The molecule has 0 aromatic heterocycles. The van der Waals surface area contributed by atoms with Crippen molar-refractivity contribution >= 4 is 5.91 Å². The van der Waals surface area contributed by atoms with Crippen molar-refractivity contribution in [3.8, 4) is 11.1 Å². The average Bonchev–Trinajstić information content (AvgIpc) is 2.54. The molecule has 0 fully saturated rings. The molecule has 2 rings (SSSR count). The summed E-state index contributed by atoms with van der Waals surface area (Å²) in [5.41, 5.74) is 4.36. The number of halogens is 3. The average molecular weight is 349 g/mol. The highest BCUT2D eigenvalue weighted by Gasteiger charge is 2.38. The molecular weight excluding hydrogens is 327 g/mol. The lowest BCUT2D eigenvalue weighted by atomic mass is 9.86. The van der Waals surface area contributed by atoms with Crippen molar-refractivity contribution in [2.75, 3.05) is 6.54 Å². The highest BCUT2D eigenvalue weighted by molar-refractivity contribution is 5.81. The Balaban J connectivity index is 1.97. The van der Waals surface area contributed by atoms with Gasteiger partial charge in [-0.05, 0) is 34.1 Å². The molecule has 2 nitrogen and oxygen atoms in total. The lowest BCUT2D eigenvalue weighted by molar-refractivity contribution is -0.173. The predicted molar refractivity (Wildman–Crippen MR) is 93.3 cm³/mol. The molecule has 0 unspecified atom stereocenters. The summed E-state index contributed by atoms with van der Waals surface area (Å²) < 4.78 is 36.3. The minimum atomic E-state index is -4.83. The van der Waals surface area contributed by atoms with Crippen molar-refractivity contribution in [3.05, 3.63) is 59.7 Å². The van der Waals surface area contributed by atoms with E-state index in [0.717, 1.165) is 16.7 Å². The molecule has 0 saturated heterocycles. The molecule has 0 aliphatic rings. The fraction of sp³-hybridized carbons (Fsp3) is 0.350. The van der Waals surface area contributed by atoms with E-state index in [9.17, 15) is 18.0 Å². The van der Waals surface area contributed by atoms with Crippen LogP contribution >= 0.6 is 0 Å². The summed E-state index contributed by atoms with van der Waals surface area (Å²) in [6.07, 6.45) is -4.48. The van der Waals surface area contributed by atoms with Gasteiger partial charge in [0.15, 0.2) is 0 Å². The topological polar surface area (TPSA) is 29.1 Å². The third-order valence-electron chi connectivity index (χ3n) is 3.99. The van der Waals surface area contributed by atoms with Crippen LogP contribution in [-0.4, -0.2) is 18.6 Å². The van der Waals surface area contributed by atoms with Crippen LogP contribution in [0, 0.1) is 0 Å². The minimum Gasteiger partial charge on any atom is -0.348 e. The second kappa shape index (κ2) is 7.30. The summed E-state index contributed by atoms with van der Waals surface area (Å²) in [7, 11) is 0. The first kappa shape index (κ1) is 19.0. The normalized spacial score (nSPS) is 12.1. The molecule has 0 heterocycles. The molecule has 2 aromatic rings. The lowest BCUT2D eigenvalue weighted by Crippen LogP contribution is -2.37. The van der Waals surface area contributed by atoms with Crippen LogP contribution in [0.25, 0.3) is 11.1 Å². The van der Waals surface area contributed by atoms with E-state index in [2.05, 4.69) is 45.0 Å². The molecule has 0 spiro atoms. The SMILES string of the molecule is CC(C)(C)c1ccc(-c2ccc(CCNC(=O)C(F)(F)F)cc2)cc1. The molecule has 1 amide bonds. The number of benzene rings is 2. The largest absolute Gasteiger partial charge is 0.471 e. The Kier molecular flexibility index (Phi) is 5.55. The van der Waals surface area contributed by atoms with Gasteiger partial charge in [-0.1, -0.05) is 69.3 Å². The van der Waals surface area contributed by atoms with Crippen LogP contribution < -0.4 is 5.32 Å². The van der Waals surface area contributed by atoms with Gasteiger partial charge in [-0.25, -0.2) is 0 Å². The summed E-state index contributed by atoms with van der Waals surface area (Å²) in [6, 6.07) is 16.0. The van der Waals surface area contributed by atoms with Crippen molar-refractivity contribution in [1.29, 1.82) is 0 Å². The van der Waals surface area contributed by atoms with E-state index >= 15 is 0 Å². The van der Waals surface area contributed by atoms with Crippen LogP contribution in [0.4, 0.5) is 13.2 Å². The van der Waals surface area contributed by atoms with E-state index in [0.29, 0.717) is 6.42 Å². The summed E-state index contributed by atoms with van der Waals surface area (Å²) in [5, 5.41) is 1.87. The molecule has 0 aliphatic carbocycles. The van der Waals surface area contributed by atoms with Gasteiger partial charge in [0, 0.05) is 6.54 Å². The van der Waals surface area contributed by atoms with Crippen molar-refractivity contribution in [2.45, 2.75) is 38.8 Å². The zero-order valence-electron chi connectivity index (χ0n) is 14.6. The molecule has 2 aromatic carbocycles. The van der Waals surface area contributed by atoms with Crippen molar-refractivity contribution in [1.82, 2.24) is 5.32 Å². The Hall–Kier alpha value is -2.30. The highest BCUT2D eigenvalue weighted by atomic mass is 19.4. The van der Waals surface area contributed by atoms with E-state index < -0.39 is 12.1 Å². The zero-order chi connectivity index (χ0) is 18.7. The summed E-state index contributed by atoms with van der Waals surface area (Å²) >= 11 is 0. The molecule has 5 heteroatoms. The fourth-order valence-electron chi connectivity index (χ4n) is 2.45. The Morgan fingerprint density at radius 3 is 1.80 bits per heavy atom. The molecule has 0 bridgehead atoms. The van der Waals surface area contributed by atoms with E-state index in [1.807, 2.05) is 29.6 Å². The van der Waals surface area contributed by atoms with Crippen molar-refractivity contribution in [3.63, 3.8) is 0 Å². The highest BCUT2D eigenvalue weighted by Crippen LogP contribution is 2.26. The predicted octanol–water partition coefficient (Wildman–Crippen LogP) is 4.87. The second-order valence-electron chi connectivity index (χ2n) is 7.03. The Bertz CT molecular complexity index is 711. The van der Waals surface area contributed by atoms with Crippen molar-refractivity contribution in [2.24, 2.45) is 0 Å². The van der Waals surface area contributed by atoms with Crippen LogP contribution in [0.2, 0.25) is 0 Å². The van der Waals surface area contributed by atoms with Gasteiger partial charge in [0.1, 0.15) is 0 Å². The number of hydrogen-bond donors (Lipinski definition) is 1. The smallest absolute Gasteiger partial charge is 0.348 e. The molecule has 0 aliphatic heterocycles. The summed E-state index contributed by atoms with van der Waals surface area (Å²) in [6.45, 7) is 6.44. The van der Waals surface area contributed by atoms with Gasteiger partial charge >= 0.3 is 12.1 Å². The lowest BCUT2D eigenvalue weighted by Gasteiger charge is -2.19. The minimum absolute atomic E-state index is 0.0437. The first-order chi connectivity index (χ1) is 11.6. The number of nitrogens with one attached hydrogen (secondary N) is 1. The molecule has 0 saturated carbocycles. The second-order valence-corrected chi connectivity index (χ2v) is 7.03. The zero-order valence-corrected chi connectivity index (χ0v) is 14.6. The number of hydrogen-bond acceptors (Lipinski definition) is 1. The first-order valence-corrected chi connectivity index (χ1v) is 8.12. The molecule has 0 radical (unpaired) electrons. The van der Waals surface area contributed by atoms with Crippen LogP contribution in [0.3, 0.4) is 0 Å². The van der Waals surface area contributed by atoms with E-state index in [4.69, 9.17) is 0 Å². The Morgan fingerprint density at radius 1 is 0.880 bits per heavy atom. The standard InChI is InChI=1S/C20H22F3NO/c1-19(2,3)17-10-8-16(9-11-17)15-6-4-14(5-7-15)12-13-24-18(25)20(21,22)23/h4-11H,12-13H2,1-3H3,(H,24,25). The maximum Gasteiger partial charge on any atom is 0.471 e. The molecule has 134 valence electrons. The Morgan fingerprint density at radius 2 is 1.36 bits per heavy atom. The number of rotatable bonds is 4. The summed E-state index contributed by atoms with van der Waals surface area (Å²) in [5.74, 6) is -1.90. The number of carbonyl (C=O) groups excluding carboxylic acids is 1. The number of alkyl halides is 3. The number of amides is 1. The summed E-state index contributed by atoms with van der Waals surface area (Å²) in [4.78, 5) is 10.8. The van der Waals surface area contributed by atoms with Crippen molar-refractivity contribution < 1.29 is 18.0 Å². The monoisotopic (exact) mass is 349 g/mol. The van der Waals surface area contributed by atoms with Gasteiger partial charge in [0.25, 0.3) is 0 Å². The van der Waals surface area contributed by atoms with E-state index in [1.54, 1.807) is 0 Å². The van der Waals surface area contributed by atoms with Crippen LogP contribution in [0.5, 0.6) is 0 Å². The maximum absolute atomic E-state index is 12.1. The maximum atomic E-state index is 12.1. The van der Waals surface area contributed by atoms with Gasteiger partial charge < -0.3 is 5.32 Å². The van der Waals surface area contributed by atoms with Gasteiger partial charge in [-0.3, -0.25) is 4.79 Å².